The van der Waals surface area contributed by atoms with E-state index in [-0.39, 0.29) is 97.7 Å². The first-order valence-electron chi connectivity index (χ1n) is 22.6. The second-order valence-corrected chi connectivity index (χ2v) is 18.7. The Bertz CT molecular complexity index is 2470. The second kappa shape index (κ2) is 25.0. The molecule has 2 aromatic carbocycles. The topological polar surface area (TPSA) is 185 Å². The lowest BCUT2D eigenvalue weighted by molar-refractivity contribution is -0.155. The molecule has 0 spiro atoms. The first-order valence-corrected chi connectivity index (χ1v) is 22.6. The van der Waals surface area contributed by atoms with E-state index in [9.17, 15) is 29.1 Å². The fraction of sp³-hybridized carbons (Fsp3) is 0.510. The number of hydrogen-bond acceptors (Lipinski definition) is 11. The van der Waals surface area contributed by atoms with Gasteiger partial charge in [0.2, 0.25) is 11.8 Å². The van der Waals surface area contributed by atoms with Gasteiger partial charge in [0.25, 0.3) is 5.91 Å². The van der Waals surface area contributed by atoms with Crippen molar-refractivity contribution in [1.82, 2.24) is 35.1 Å². The van der Waals surface area contributed by atoms with Crippen molar-refractivity contribution in [3.8, 4) is 28.1 Å². The zero-order valence-electron chi connectivity index (χ0n) is 40.8. The van der Waals surface area contributed by atoms with Crippen LogP contribution in [0.15, 0.2) is 54.9 Å². The summed E-state index contributed by atoms with van der Waals surface area (Å²) in [5.41, 5.74) is 9.70. The van der Waals surface area contributed by atoms with Gasteiger partial charge in [0.15, 0.2) is 0 Å². The number of phenols is 1. The number of likely N-dealkylation sites (tertiary alicyclic amines) is 1. The lowest BCUT2D eigenvalue weighted by Gasteiger charge is -2.37. The van der Waals surface area contributed by atoms with Crippen molar-refractivity contribution < 1.29 is 43.3 Å². The molecule has 7 rings (SSSR count). The van der Waals surface area contributed by atoms with Gasteiger partial charge in [0, 0.05) is 81.0 Å². The summed E-state index contributed by atoms with van der Waals surface area (Å²) in [6.07, 6.45) is 5.02. The van der Waals surface area contributed by atoms with E-state index in [1.807, 2.05) is 38.2 Å². The number of pyridine rings is 1. The zero-order valence-corrected chi connectivity index (χ0v) is 44.8. The number of likely N-dealkylation sites (N-methyl/N-ethyl adjacent to an activating group) is 1. The molecule has 5 heterocycles. The molecular weight excluding hydrogens is 959 g/mol. The summed E-state index contributed by atoms with van der Waals surface area (Å²) in [7, 11) is 4.53. The number of carbonyl (C=O) groups excluding carboxylic acids is 5. The Hall–Kier alpha value is -4.60. The highest BCUT2D eigenvalue weighted by molar-refractivity contribution is 7.59. The molecule has 4 aromatic rings. The molecule has 0 radical (unpaired) electrons. The second-order valence-electron chi connectivity index (χ2n) is 18.7. The van der Waals surface area contributed by atoms with Gasteiger partial charge in [-0.2, -0.15) is 54.0 Å². The predicted octanol–water partition coefficient (Wildman–Crippen LogP) is 5.91. The standard InChI is InChI=1S/C49H63N7O9.4H2S/c1-9-55-41-13-12-31-23-36(41)37(43(55)38-25-50-16-14-33(38)27-63-7)24-49(4,5)28-65-47(61)39-11-10-17-56(52-39)46(60)40(21-30-19-34(31)22-35(57)20-30)51-44(58)42(29(2)3)53(6)45(59)32-15-18-54(26-32)48(62)64-8;;;;/h12-14,16,19-20,22-23,25,29,32,39-40,42,52,57H,9-11,15,17-18,21,24,26-28H2,1-8H3,(H,51,58);4*1H2/t32-,39-,40-,42-;;;;/m0..../s1. The SMILES string of the molecule is CCn1c(-c2cnccc2COC)c2c3cc(ccc31)-c1cc(O)cc(c1)C[C@H](NC(=O)[C@H](C(C)C)N(C)C(=O)[C@H]1CCN(C(=O)OC)C1)C(=O)N1CCC[C@H](N1)C(=O)OCC(C)(C)C2.S.S.S.S. The van der Waals surface area contributed by atoms with Crippen LogP contribution >= 0.6 is 54.0 Å². The number of cyclic esters (lactones) is 1. The summed E-state index contributed by atoms with van der Waals surface area (Å²) in [5.74, 6) is -2.69. The highest BCUT2D eigenvalue weighted by Crippen LogP contribution is 2.41. The first-order chi connectivity index (χ1) is 31.0. The van der Waals surface area contributed by atoms with Crippen LogP contribution in [0.5, 0.6) is 5.75 Å². The van der Waals surface area contributed by atoms with Crippen molar-refractivity contribution in [3.05, 3.63) is 71.5 Å². The van der Waals surface area contributed by atoms with Crippen LogP contribution in [-0.4, -0.2) is 125 Å². The van der Waals surface area contributed by atoms with Gasteiger partial charge in [0.05, 0.1) is 31.9 Å². The highest BCUT2D eigenvalue weighted by atomic mass is 32.1. The number of esters is 1. The Morgan fingerprint density at radius 2 is 1.75 bits per heavy atom. The van der Waals surface area contributed by atoms with Crippen LogP contribution in [0.25, 0.3) is 33.3 Å². The van der Waals surface area contributed by atoms with E-state index in [2.05, 4.69) is 53.2 Å². The monoisotopic (exact) mass is 1030 g/mol. The maximum atomic E-state index is 14.7. The number of nitrogens with one attached hydrogen (secondary N) is 2. The van der Waals surface area contributed by atoms with Gasteiger partial charge in [-0.25, -0.2) is 10.2 Å². The van der Waals surface area contributed by atoms with Crippen LogP contribution in [0.3, 0.4) is 0 Å². The van der Waals surface area contributed by atoms with Gasteiger partial charge in [-0.3, -0.25) is 29.2 Å². The molecule has 6 bridgehead atoms. The first kappa shape index (κ1) is 58.7. The van der Waals surface area contributed by atoms with E-state index in [0.29, 0.717) is 56.5 Å². The molecule has 69 heavy (non-hydrogen) atoms. The van der Waals surface area contributed by atoms with E-state index in [1.54, 1.807) is 32.5 Å². The Labute approximate surface area is 433 Å². The number of ether oxygens (including phenoxy) is 3. The fourth-order valence-corrected chi connectivity index (χ4v) is 9.80. The van der Waals surface area contributed by atoms with Crippen molar-refractivity contribution in [2.75, 3.05) is 47.5 Å². The fourth-order valence-electron chi connectivity index (χ4n) is 9.80. The Morgan fingerprint density at radius 3 is 2.43 bits per heavy atom. The summed E-state index contributed by atoms with van der Waals surface area (Å²) in [4.78, 5) is 76.5. The number of rotatable bonds is 9. The van der Waals surface area contributed by atoms with Gasteiger partial charge in [0.1, 0.15) is 23.9 Å². The van der Waals surface area contributed by atoms with Crippen molar-refractivity contribution >= 4 is 94.7 Å². The number of aryl methyl sites for hydroxylation is 1. The number of aromatic nitrogens is 2. The van der Waals surface area contributed by atoms with Crippen LogP contribution in [0.2, 0.25) is 0 Å². The average Bonchev–Trinajstić information content (AvgIpc) is 3.90. The van der Waals surface area contributed by atoms with Crippen LogP contribution < -0.4 is 10.7 Å². The van der Waals surface area contributed by atoms with Gasteiger partial charge in [-0.05, 0) is 96.7 Å². The molecule has 4 amide bonds. The van der Waals surface area contributed by atoms with E-state index in [1.165, 1.54) is 21.9 Å². The van der Waals surface area contributed by atoms with Crippen molar-refractivity contribution in [3.63, 3.8) is 0 Å². The van der Waals surface area contributed by atoms with Crippen LogP contribution in [-0.2, 0) is 59.4 Å². The van der Waals surface area contributed by atoms with Crippen molar-refractivity contribution in [2.45, 2.75) is 98.0 Å². The number of carbonyl (C=O) groups is 5. The minimum atomic E-state index is -1.17. The Kier molecular flexibility index (Phi) is 21.3. The lowest BCUT2D eigenvalue weighted by Crippen LogP contribution is -2.62. The summed E-state index contributed by atoms with van der Waals surface area (Å²) in [6, 6.07) is 10.4. The van der Waals surface area contributed by atoms with E-state index in [4.69, 9.17) is 14.2 Å². The van der Waals surface area contributed by atoms with Crippen molar-refractivity contribution in [2.24, 2.45) is 17.3 Å². The van der Waals surface area contributed by atoms with Crippen LogP contribution in [0.4, 0.5) is 4.79 Å². The maximum absolute atomic E-state index is 14.7. The molecule has 2 fully saturated rings. The number of aromatic hydroxyl groups is 1. The van der Waals surface area contributed by atoms with Crippen LogP contribution in [0, 0.1) is 17.3 Å². The number of hydrazine groups is 1. The number of methoxy groups -OCH3 is 2. The third-order valence-electron chi connectivity index (χ3n) is 12.9. The zero-order chi connectivity index (χ0) is 46.7. The summed E-state index contributed by atoms with van der Waals surface area (Å²) in [5, 5.41) is 16.7. The van der Waals surface area contributed by atoms with Gasteiger partial charge in [-0.15, -0.1) is 0 Å². The Morgan fingerprint density at radius 1 is 1.01 bits per heavy atom. The van der Waals surface area contributed by atoms with Gasteiger partial charge >= 0.3 is 12.1 Å². The van der Waals surface area contributed by atoms with E-state index < -0.39 is 53.3 Å². The van der Waals surface area contributed by atoms with Crippen molar-refractivity contribution in [1.29, 1.82) is 0 Å². The molecule has 0 aliphatic carbocycles. The Balaban J connectivity index is 0.00000315. The molecule has 4 atom stereocenters. The number of fused-ring (bicyclic) bond motifs is 6. The molecular formula is C49H71N7O9S4. The molecule has 16 nitrogen and oxygen atoms in total. The molecule has 2 aromatic heterocycles. The normalized spacial score (nSPS) is 19.4. The number of phenolic OH excluding ortho intramolecular Hbond substituents is 1. The maximum Gasteiger partial charge on any atom is 0.409 e. The molecule has 0 unspecified atom stereocenters. The number of benzene rings is 2. The lowest BCUT2D eigenvalue weighted by atomic mass is 9.84. The number of amides is 4. The van der Waals surface area contributed by atoms with E-state index in [0.717, 1.165) is 38.9 Å². The third kappa shape index (κ3) is 12.8. The molecule has 3 aliphatic rings. The molecule has 20 heteroatoms. The molecule has 0 saturated carbocycles. The minimum absolute atomic E-state index is 0. The van der Waals surface area contributed by atoms with Gasteiger partial charge < -0.3 is 39.0 Å². The quantitative estimate of drug-likeness (QED) is 0.169. The molecule has 380 valence electrons. The summed E-state index contributed by atoms with van der Waals surface area (Å²) >= 11 is 0. The third-order valence-corrected chi connectivity index (χ3v) is 12.9. The molecule has 3 aliphatic heterocycles. The van der Waals surface area contributed by atoms with Gasteiger partial charge in [-0.1, -0.05) is 39.8 Å². The minimum Gasteiger partial charge on any atom is -0.508 e. The molecule has 3 N–H and O–H groups in total. The number of hydrogen-bond donors (Lipinski definition) is 3. The number of nitrogens with zero attached hydrogens (tertiary/aromatic N) is 5. The highest BCUT2D eigenvalue weighted by Gasteiger charge is 2.40. The van der Waals surface area contributed by atoms with Crippen LogP contribution in [0.1, 0.15) is 70.6 Å². The predicted molar refractivity (Wildman–Crippen MR) is 286 cm³/mol. The van der Waals surface area contributed by atoms with E-state index >= 15 is 0 Å². The average molecular weight is 1030 g/mol. The molecule has 2 saturated heterocycles. The largest absolute Gasteiger partial charge is 0.508 e. The summed E-state index contributed by atoms with van der Waals surface area (Å²) in [6.45, 7) is 11.9. The summed E-state index contributed by atoms with van der Waals surface area (Å²) < 4.78 is 18.9. The smallest absolute Gasteiger partial charge is 0.409 e.